The summed E-state index contributed by atoms with van der Waals surface area (Å²) in [5.41, 5.74) is 6.58. The zero-order valence-electron chi connectivity index (χ0n) is 6.65. The van der Waals surface area contributed by atoms with Crippen LogP contribution in [0.25, 0.3) is 10.1 Å². The van der Waals surface area contributed by atoms with Gasteiger partial charge < -0.3 is 10.8 Å². The smallest absolute Gasteiger partial charge is 0.153 e. The highest BCUT2D eigenvalue weighted by atomic mass is 32.1. The SMILES string of the molecule is Nc1csc2cc(O)c(C=O)cc12. The molecule has 2 rings (SSSR count). The Hall–Kier alpha value is -1.55. The number of aromatic hydroxyl groups is 1. The van der Waals surface area contributed by atoms with E-state index in [-0.39, 0.29) is 11.3 Å². The number of anilines is 1. The molecule has 3 N–H and O–H groups in total. The monoisotopic (exact) mass is 193 g/mol. The molecule has 4 heteroatoms. The van der Waals surface area contributed by atoms with Gasteiger partial charge in [-0.15, -0.1) is 11.3 Å². The van der Waals surface area contributed by atoms with Crippen molar-refractivity contribution < 1.29 is 9.90 Å². The standard InChI is InChI=1S/C9H7NO2S/c10-7-4-13-9-2-8(12)5(3-11)1-6(7)9/h1-4,12H,10H2. The molecule has 0 atom stereocenters. The maximum atomic E-state index is 10.5. The summed E-state index contributed by atoms with van der Waals surface area (Å²) < 4.78 is 0.889. The van der Waals surface area contributed by atoms with Gasteiger partial charge in [0.25, 0.3) is 0 Å². The molecule has 1 aromatic heterocycles. The van der Waals surface area contributed by atoms with Gasteiger partial charge in [0.2, 0.25) is 0 Å². The summed E-state index contributed by atoms with van der Waals surface area (Å²) in [6.07, 6.45) is 0.617. The Balaban J connectivity index is 2.84. The Bertz CT molecular complexity index is 476. The van der Waals surface area contributed by atoms with Crippen molar-refractivity contribution >= 4 is 33.4 Å². The summed E-state index contributed by atoms with van der Waals surface area (Å²) in [6.45, 7) is 0. The summed E-state index contributed by atoms with van der Waals surface area (Å²) in [4.78, 5) is 10.5. The van der Waals surface area contributed by atoms with Crippen molar-refractivity contribution in [3.05, 3.63) is 23.1 Å². The van der Waals surface area contributed by atoms with Crippen LogP contribution in [0.5, 0.6) is 5.75 Å². The van der Waals surface area contributed by atoms with E-state index in [9.17, 15) is 9.90 Å². The maximum Gasteiger partial charge on any atom is 0.153 e. The number of phenolic OH excluding ortho intramolecular Hbond substituents is 1. The van der Waals surface area contributed by atoms with Crippen LogP contribution in [-0.4, -0.2) is 11.4 Å². The molecule has 0 fully saturated rings. The number of phenols is 1. The Labute approximate surface area is 78.4 Å². The van der Waals surface area contributed by atoms with Crippen molar-refractivity contribution in [2.45, 2.75) is 0 Å². The minimum atomic E-state index is 0.00403. The van der Waals surface area contributed by atoms with Crippen molar-refractivity contribution in [2.75, 3.05) is 5.73 Å². The van der Waals surface area contributed by atoms with Gasteiger partial charge in [-0.3, -0.25) is 4.79 Å². The topological polar surface area (TPSA) is 63.3 Å². The van der Waals surface area contributed by atoms with Gasteiger partial charge in [0.15, 0.2) is 6.29 Å². The fraction of sp³-hybridized carbons (Fsp3) is 0. The lowest BCUT2D eigenvalue weighted by atomic mass is 10.1. The number of nitrogens with two attached hydrogens (primary N) is 1. The van der Waals surface area contributed by atoms with E-state index in [2.05, 4.69) is 0 Å². The third-order valence-corrected chi connectivity index (χ3v) is 2.84. The molecular weight excluding hydrogens is 186 g/mol. The summed E-state index contributed by atoms with van der Waals surface area (Å²) in [5.74, 6) is 0.00403. The molecule has 0 amide bonds. The minimum Gasteiger partial charge on any atom is -0.507 e. The van der Waals surface area contributed by atoms with Gasteiger partial charge in [-0.1, -0.05) is 0 Å². The normalized spacial score (nSPS) is 10.5. The van der Waals surface area contributed by atoms with Gasteiger partial charge in [-0.05, 0) is 12.1 Å². The number of rotatable bonds is 1. The van der Waals surface area contributed by atoms with E-state index in [0.29, 0.717) is 12.0 Å². The number of aldehydes is 1. The van der Waals surface area contributed by atoms with Crippen molar-refractivity contribution in [1.82, 2.24) is 0 Å². The summed E-state index contributed by atoms with van der Waals surface area (Å²) in [5, 5.41) is 12.0. The predicted molar refractivity (Wildman–Crippen MR) is 53.3 cm³/mol. The second kappa shape index (κ2) is 2.74. The highest BCUT2D eigenvalue weighted by molar-refractivity contribution is 7.17. The molecule has 3 nitrogen and oxygen atoms in total. The molecule has 1 aromatic carbocycles. The van der Waals surface area contributed by atoms with Crippen molar-refractivity contribution in [3.63, 3.8) is 0 Å². The van der Waals surface area contributed by atoms with Crippen molar-refractivity contribution in [3.8, 4) is 5.75 Å². The summed E-state index contributed by atoms with van der Waals surface area (Å²) in [7, 11) is 0. The van der Waals surface area contributed by atoms with Gasteiger partial charge in [0.1, 0.15) is 5.75 Å². The van der Waals surface area contributed by atoms with Crippen molar-refractivity contribution in [2.24, 2.45) is 0 Å². The lowest BCUT2D eigenvalue weighted by molar-refractivity contribution is 0.112. The third kappa shape index (κ3) is 1.15. The molecule has 0 unspecified atom stereocenters. The number of carbonyl (C=O) groups is 1. The predicted octanol–water partition coefficient (Wildman–Crippen LogP) is 2.00. The van der Waals surface area contributed by atoms with Crippen LogP contribution in [0.3, 0.4) is 0 Å². The van der Waals surface area contributed by atoms with E-state index < -0.39 is 0 Å². The Kier molecular flexibility index (Phi) is 1.70. The van der Waals surface area contributed by atoms with Gasteiger partial charge in [0, 0.05) is 15.5 Å². The number of hydrogen-bond donors (Lipinski definition) is 2. The summed E-state index contributed by atoms with van der Waals surface area (Å²) in [6, 6.07) is 3.16. The number of benzene rings is 1. The lowest BCUT2D eigenvalue weighted by Gasteiger charge is -1.97. The molecule has 0 aliphatic heterocycles. The van der Waals surface area contributed by atoms with Crippen LogP contribution < -0.4 is 5.73 Å². The minimum absolute atomic E-state index is 0.00403. The molecule has 0 bridgehead atoms. The molecule has 13 heavy (non-hydrogen) atoms. The molecule has 66 valence electrons. The molecule has 0 aliphatic carbocycles. The molecule has 0 saturated heterocycles. The van der Waals surface area contributed by atoms with Crippen LogP contribution in [0.1, 0.15) is 10.4 Å². The fourth-order valence-corrected chi connectivity index (χ4v) is 2.06. The van der Waals surface area contributed by atoms with Gasteiger partial charge in [-0.25, -0.2) is 0 Å². The first-order valence-electron chi connectivity index (χ1n) is 3.67. The number of thiophene rings is 1. The second-order valence-electron chi connectivity index (χ2n) is 2.72. The Morgan fingerprint density at radius 3 is 2.92 bits per heavy atom. The van der Waals surface area contributed by atoms with Gasteiger partial charge >= 0.3 is 0 Å². The van der Waals surface area contributed by atoms with Crippen LogP contribution >= 0.6 is 11.3 Å². The van der Waals surface area contributed by atoms with E-state index in [0.717, 1.165) is 10.1 Å². The van der Waals surface area contributed by atoms with Crippen LogP contribution in [0.15, 0.2) is 17.5 Å². The Morgan fingerprint density at radius 2 is 2.23 bits per heavy atom. The molecule has 0 radical (unpaired) electrons. The first kappa shape index (κ1) is 8.07. The quantitative estimate of drug-likeness (QED) is 0.681. The average Bonchev–Trinajstić information content (AvgIpc) is 2.46. The van der Waals surface area contributed by atoms with Gasteiger partial charge in [0.05, 0.1) is 11.3 Å². The number of nitrogen functional groups attached to an aromatic ring is 1. The van der Waals surface area contributed by atoms with E-state index in [1.165, 1.54) is 11.3 Å². The number of fused-ring (bicyclic) bond motifs is 1. The number of hydrogen-bond acceptors (Lipinski definition) is 4. The molecule has 0 spiro atoms. The summed E-state index contributed by atoms with van der Waals surface area (Å²) >= 11 is 1.45. The van der Waals surface area contributed by atoms with E-state index >= 15 is 0 Å². The number of carbonyl (C=O) groups excluding carboxylic acids is 1. The van der Waals surface area contributed by atoms with E-state index in [1.54, 1.807) is 17.5 Å². The third-order valence-electron chi connectivity index (χ3n) is 1.88. The molecular formula is C9H7NO2S. The van der Waals surface area contributed by atoms with Crippen LogP contribution in [-0.2, 0) is 0 Å². The first-order valence-corrected chi connectivity index (χ1v) is 4.55. The molecule has 1 heterocycles. The molecule has 2 aromatic rings. The molecule has 0 aliphatic rings. The lowest BCUT2D eigenvalue weighted by Crippen LogP contribution is -1.84. The van der Waals surface area contributed by atoms with Gasteiger partial charge in [-0.2, -0.15) is 0 Å². The van der Waals surface area contributed by atoms with Crippen LogP contribution in [0, 0.1) is 0 Å². The molecule has 0 saturated carbocycles. The first-order chi connectivity index (χ1) is 6.22. The Morgan fingerprint density at radius 1 is 1.46 bits per heavy atom. The zero-order chi connectivity index (χ0) is 9.42. The highest BCUT2D eigenvalue weighted by Crippen LogP contribution is 2.32. The average molecular weight is 193 g/mol. The zero-order valence-corrected chi connectivity index (χ0v) is 7.47. The second-order valence-corrected chi connectivity index (χ2v) is 3.63. The van der Waals surface area contributed by atoms with E-state index in [4.69, 9.17) is 5.73 Å². The van der Waals surface area contributed by atoms with Crippen LogP contribution in [0.4, 0.5) is 5.69 Å². The fourth-order valence-electron chi connectivity index (χ4n) is 1.19. The maximum absolute atomic E-state index is 10.5. The van der Waals surface area contributed by atoms with E-state index in [1.807, 2.05) is 0 Å². The highest BCUT2D eigenvalue weighted by Gasteiger charge is 2.06. The van der Waals surface area contributed by atoms with Crippen LogP contribution in [0.2, 0.25) is 0 Å². The largest absolute Gasteiger partial charge is 0.507 e. The van der Waals surface area contributed by atoms with Crippen molar-refractivity contribution in [1.29, 1.82) is 0 Å².